The maximum atomic E-state index is 13.1. The first-order valence-corrected chi connectivity index (χ1v) is 9.50. The molecule has 0 unspecified atom stereocenters. The van der Waals surface area contributed by atoms with Crippen molar-refractivity contribution in [1.82, 2.24) is 10.3 Å². The molecule has 1 heterocycles. The summed E-state index contributed by atoms with van der Waals surface area (Å²) in [7, 11) is 0. The molecule has 4 nitrogen and oxygen atoms in total. The van der Waals surface area contributed by atoms with Crippen LogP contribution in [0.2, 0.25) is 0 Å². The molecule has 0 aliphatic carbocycles. The second-order valence-corrected chi connectivity index (χ2v) is 7.19. The summed E-state index contributed by atoms with van der Waals surface area (Å²) >= 11 is 0. The number of rotatable bonds is 7. The van der Waals surface area contributed by atoms with E-state index in [9.17, 15) is 9.59 Å². The molecular weight excluding hydrogens is 348 g/mol. The quantitative estimate of drug-likeness (QED) is 0.585. The fourth-order valence-corrected chi connectivity index (χ4v) is 3.74. The van der Waals surface area contributed by atoms with Crippen LogP contribution in [-0.4, -0.2) is 22.6 Å². The van der Waals surface area contributed by atoms with Gasteiger partial charge in [0.1, 0.15) is 0 Å². The summed E-state index contributed by atoms with van der Waals surface area (Å²) in [4.78, 5) is 28.2. The van der Waals surface area contributed by atoms with E-state index in [1.165, 1.54) is 6.92 Å². The van der Waals surface area contributed by atoms with Gasteiger partial charge in [0.05, 0.1) is 17.8 Å². The summed E-state index contributed by atoms with van der Waals surface area (Å²) in [6.07, 6.45) is 0. The molecule has 3 rings (SSSR count). The van der Waals surface area contributed by atoms with E-state index in [2.05, 4.69) is 34.6 Å². The van der Waals surface area contributed by atoms with Crippen LogP contribution in [0.1, 0.15) is 63.1 Å². The lowest BCUT2D eigenvalue weighted by atomic mass is 9.96. The van der Waals surface area contributed by atoms with Crippen LogP contribution in [0.4, 0.5) is 0 Å². The van der Waals surface area contributed by atoms with Gasteiger partial charge in [0, 0.05) is 11.3 Å². The Kier molecular flexibility index (Phi) is 5.90. The molecule has 0 amide bonds. The summed E-state index contributed by atoms with van der Waals surface area (Å²) in [5.41, 5.74) is 4.76. The Balaban J connectivity index is 1.91. The Hall–Kier alpha value is -2.98. The molecule has 1 atom stereocenters. The Morgan fingerprint density at radius 2 is 1.39 bits per heavy atom. The Morgan fingerprint density at radius 3 is 1.82 bits per heavy atom. The molecule has 2 aromatic carbocycles. The van der Waals surface area contributed by atoms with Gasteiger partial charge in [-0.3, -0.25) is 14.9 Å². The summed E-state index contributed by atoms with van der Waals surface area (Å²) in [5.74, 6) is -0.0812. The first kappa shape index (κ1) is 19.8. The van der Waals surface area contributed by atoms with Crippen molar-refractivity contribution in [2.45, 2.75) is 39.8 Å². The van der Waals surface area contributed by atoms with Gasteiger partial charge in [-0.25, -0.2) is 0 Å². The zero-order chi connectivity index (χ0) is 20.3. The molecule has 2 N–H and O–H groups in total. The van der Waals surface area contributed by atoms with Gasteiger partial charge in [-0.05, 0) is 44.4 Å². The minimum absolute atomic E-state index is 0.0302. The lowest BCUT2D eigenvalue weighted by Gasteiger charge is -2.24. The number of benzene rings is 2. The summed E-state index contributed by atoms with van der Waals surface area (Å²) < 4.78 is 0. The van der Waals surface area contributed by atoms with Crippen molar-refractivity contribution in [2.75, 3.05) is 0 Å². The second kappa shape index (κ2) is 8.36. The van der Waals surface area contributed by atoms with Crippen LogP contribution in [0.15, 0.2) is 60.7 Å². The molecule has 3 aromatic rings. The average Bonchev–Trinajstić information content (AvgIpc) is 3.00. The standard InChI is InChI=1S/C24H26N2O2/c1-15-21(18(4)27)16(2)25-22(15)24(28)17(3)26-23(19-11-7-5-8-12-19)20-13-9-6-10-14-20/h5-14,17,23,25-26H,1-4H3/t17-/m1/s1. The number of H-pyrrole nitrogens is 1. The molecule has 144 valence electrons. The van der Waals surface area contributed by atoms with E-state index in [1.807, 2.05) is 57.2 Å². The molecule has 1 aromatic heterocycles. The van der Waals surface area contributed by atoms with Gasteiger partial charge in [0.2, 0.25) is 0 Å². The number of aromatic nitrogens is 1. The number of aromatic amines is 1. The third-order valence-corrected chi connectivity index (χ3v) is 5.11. The normalized spacial score (nSPS) is 12.2. The fraction of sp³-hybridized carbons (Fsp3) is 0.250. The minimum Gasteiger partial charge on any atom is -0.355 e. The molecule has 0 radical (unpaired) electrons. The second-order valence-electron chi connectivity index (χ2n) is 7.19. The summed E-state index contributed by atoms with van der Waals surface area (Å²) in [5, 5.41) is 3.48. The van der Waals surface area contributed by atoms with Crippen molar-refractivity contribution < 1.29 is 9.59 Å². The highest BCUT2D eigenvalue weighted by Gasteiger charge is 2.26. The molecule has 4 heteroatoms. The van der Waals surface area contributed by atoms with E-state index in [-0.39, 0.29) is 17.6 Å². The number of ketones is 2. The average molecular weight is 374 g/mol. The molecule has 0 fully saturated rings. The third-order valence-electron chi connectivity index (χ3n) is 5.11. The number of nitrogens with one attached hydrogen (secondary N) is 2. The van der Waals surface area contributed by atoms with Crippen LogP contribution in [0, 0.1) is 13.8 Å². The fourth-order valence-electron chi connectivity index (χ4n) is 3.74. The maximum absolute atomic E-state index is 13.1. The zero-order valence-electron chi connectivity index (χ0n) is 16.7. The highest BCUT2D eigenvalue weighted by Crippen LogP contribution is 2.24. The Morgan fingerprint density at radius 1 is 0.893 bits per heavy atom. The lowest BCUT2D eigenvalue weighted by molar-refractivity contribution is 0.0941. The van der Waals surface area contributed by atoms with E-state index in [0.29, 0.717) is 11.3 Å². The SMILES string of the molecule is CC(=O)c1c(C)[nH]c(C(=O)[C@@H](C)NC(c2ccccc2)c2ccccc2)c1C. The van der Waals surface area contributed by atoms with E-state index < -0.39 is 6.04 Å². The van der Waals surface area contributed by atoms with Gasteiger partial charge in [-0.15, -0.1) is 0 Å². The third kappa shape index (κ3) is 3.97. The predicted octanol–water partition coefficient (Wildman–Crippen LogP) is 4.78. The van der Waals surface area contributed by atoms with Crippen LogP contribution in [0.3, 0.4) is 0 Å². The molecule has 0 saturated heterocycles. The van der Waals surface area contributed by atoms with Crippen molar-refractivity contribution in [3.05, 3.63) is 94.3 Å². The number of hydrogen-bond acceptors (Lipinski definition) is 3. The topological polar surface area (TPSA) is 62.0 Å². The van der Waals surface area contributed by atoms with Gasteiger partial charge in [-0.2, -0.15) is 0 Å². The summed E-state index contributed by atoms with van der Waals surface area (Å²) in [6.45, 7) is 7.05. The van der Waals surface area contributed by atoms with Crippen molar-refractivity contribution in [2.24, 2.45) is 0 Å². The van der Waals surface area contributed by atoms with Crippen LogP contribution < -0.4 is 5.32 Å². The van der Waals surface area contributed by atoms with Crippen molar-refractivity contribution in [3.8, 4) is 0 Å². The smallest absolute Gasteiger partial charge is 0.195 e. The highest BCUT2D eigenvalue weighted by atomic mass is 16.1. The van der Waals surface area contributed by atoms with Gasteiger partial charge >= 0.3 is 0 Å². The van der Waals surface area contributed by atoms with Crippen LogP contribution in [-0.2, 0) is 0 Å². The molecule has 0 saturated carbocycles. The van der Waals surface area contributed by atoms with Gasteiger partial charge in [0.25, 0.3) is 0 Å². The molecule has 28 heavy (non-hydrogen) atoms. The number of hydrogen-bond donors (Lipinski definition) is 2. The monoisotopic (exact) mass is 374 g/mol. The van der Waals surface area contributed by atoms with Gasteiger partial charge < -0.3 is 4.98 Å². The van der Waals surface area contributed by atoms with Gasteiger partial charge in [-0.1, -0.05) is 60.7 Å². The molecule has 0 aliphatic rings. The van der Waals surface area contributed by atoms with E-state index in [1.54, 1.807) is 0 Å². The van der Waals surface area contributed by atoms with E-state index >= 15 is 0 Å². The Labute approximate surface area is 166 Å². The van der Waals surface area contributed by atoms with Crippen LogP contribution >= 0.6 is 0 Å². The minimum atomic E-state index is -0.429. The van der Waals surface area contributed by atoms with Crippen molar-refractivity contribution in [3.63, 3.8) is 0 Å². The van der Waals surface area contributed by atoms with Crippen LogP contribution in [0.5, 0.6) is 0 Å². The van der Waals surface area contributed by atoms with E-state index in [0.717, 1.165) is 22.4 Å². The molecule has 0 aliphatic heterocycles. The first-order chi connectivity index (χ1) is 13.4. The van der Waals surface area contributed by atoms with E-state index in [4.69, 9.17) is 0 Å². The zero-order valence-corrected chi connectivity index (χ0v) is 16.7. The first-order valence-electron chi connectivity index (χ1n) is 9.50. The molecule has 0 spiro atoms. The number of Topliss-reactive ketones (excluding diaryl/α,β-unsaturated/α-hetero) is 2. The number of carbonyl (C=O) groups excluding carboxylic acids is 2. The maximum Gasteiger partial charge on any atom is 0.195 e. The Bertz CT molecular complexity index is 935. The van der Waals surface area contributed by atoms with Gasteiger partial charge in [0.15, 0.2) is 11.6 Å². The van der Waals surface area contributed by atoms with Crippen molar-refractivity contribution in [1.29, 1.82) is 0 Å². The molecule has 0 bridgehead atoms. The van der Waals surface area contributed by atoms with Crippen LogP contribution in [0.25, 0.3) is 0 Å². The lowest BCUT2D eigenvalue weighted by Crippen LogP contribution is -2.37. The largest absolute Gasteiger partial charge is 0.355 e. The predicted molar refractivity (Wildman–Crippen MR) is 112 cm³/mol. The number of aryl methyl sites for hydroxylation is 1. The highest BCUT2D eigenvalue weighted by molar-refractivity contribution is 6.05. The molecular formula is C24H26N2O2. The van der Waals surface area contributed by atoms with Crippen molar-refractivity contribution >= 4 is 11.6 Å². The summed E-state index contributed by atoms with van der Waals surface area (Å²) in [6, 6.07) is 19.6. The number of carbonyl (C=O) groups is 2.